The van der Waals surface area contributed by atoms with Gasteiger partial charge in [0, 0.05) is 12.5 Å². The Hall–Kier alpha value is -1.53. The summed E-state index contributed by atoms with van der Waals surface area (Å²) >= 11 is 0. The lowest BCUT2D eigenvalue weighted by molar-refractivity contribution is -0.200. The normalized spacial score (nSPS) is 12.7. The van der Waals surface area contributed by atoms with Crippen LogP contribution in [0.15, 0.2) is 12.7 Å². The van der Waals surface area contributed by atoms with Gasteiger partial charge in [-0.15, -0.1) is 0 Å². The molecule has 0 aliphatic carbocycles. The molecule has 1 unspecified atom stereocenters. The highest BCUT2D eigenvalue weighted by Crippen LogP contribution is 2.29. The van der Waals surface area contributed by atoms with E-state index < -0.39 is 37.1 Å². The molecule has 0 spiro atoms. The second-order valence-corrected chi connectivity index (χ2v) is 3.01. The first-order valence-electron chi connectivity index (χ1n) is 4.85. The third-order valence-electron chi connectivity index (χ3n) is 1.78. The maximum absolute atomic E-state index is 12.4. The van der Waals surface area contributed by atoms with Crippen molar-refractivity contribution in [3.05, 3.63) is 12.7 Å². The molecule has 4 nitrogen and oxygen atoms in total. The van der Waals surface area contributed by atoms with E-state index in [0.29, 0.717) is 0 Å². The zero-order valence-corrected chi connectivity index (χ0v) is 9.25. The van der Waals surface area contributed by atoms with Crippen molar-refractivity contribution in [1.82, 2.24) is 0 Å². The molecule has 0 aliphatic rings. The Morgan fingerprint density at radius 3 is 2.35 bits per heavy atom. The summed E-state index contributed by atoms with van der Waals surface area (Å²) in [5, 5.41) is 0. The number of alkyl halides is 3. The van der Waals surface area contributed by atoms with Gasteiger partial charge in [0.25, 0.3) is 0 Å². The average molecular weight is 254 g/mol. The number of ether oxygens (including phenoxy) is 2. The van der Waals surface area contributed by atoms with Crippen LogP contribution in [0.25, 0.3) is 0 Å². The molecule has 0 bridgehead atoms. The number of hydrogen-bond acceptors (Lipinski definition) is 4. The standard InChI is InChI=1S/C10H13F3O4/c1-3-8(14)17-6-5-7(10(11,12)13)9(15)16-4-2/h3,7H,1,4-6H2,2H3. The Morgan fingerprint density at radius 2 is 1.94 bits per heavy atom. The van der Waals surface area contributed by atoms with Gasteiger partial charge in [0.05, 0.1) is 13.2 Å². The minimum absolute atomic E-state index is 0.141. The van der Waals surface area contributed by atoms with Crippen LogP contribution in [0, 0.1) is 5.92 Å². The highest BCUT2D eigenvalue weighted by atomic mass is 19.4. The van der Waals surface area contributed by atoms with Crippen molar-refractivity contribution >= 4 is 11.9 Å². The van der Waals surface area contributed by atoms with Crippen LogP contribution < -0.4 is 0 Å². The van der Waals surface area contributed by atoms with E-state index in [1.165, 1.54) is 6.92 Å². The molecule has 0 heterocycles. The highest BCUT2D eigenvalue weighted by molar-refractivity contribution is 5.81. The lowest BCUT2D eigenvalue weighted by Gasteiger charge is -2.18. The molecule has 0 radical (unpaired) electrons. The quantitative estimate of drug-likeness (QED) is 0.536. The molecule has 1 atom stereocenters. The van der Waals surface area contributed by atoms with Crippen LogP contribution >= 0.6 is 0 Å². The third-order valence-corrected chi connectivity index (χ3v) is 1.78. The fourth-order valence-corrected chi connectivity index (χ4v) is 0.994. The van der Waals surface area contributed by atoms with Gasteiger partial charge in [0.1, 0.15) is 0 Å². The van der Waals surface area contributed by atoms with Gasteiger partial charge in [0.15, 0.2) is 5.92 Å². The molecule has 0 aromatic heterocycles. The van der Waals surface area contributed by atoms with Crippen LogP contribution in [0.4, 0.5) is 13.2 Å². The second-order valence-electron chi connectivity index (χ2n) is 3.01. The van der Waals surface area contributed by atoms with Gasteiger partial charge < -0.3 is 9.47 Å². The van der Waals surface area contributed by atoms with E-state index in [9.17, 15) is 22.8 Å². The molecule has 0 rings (SSSR count). The van der Waals surface area contributed by atoms with Gasteiger partial charge in [-0.1, -0.05) is 6.58 Å². The minimum Gasteiger partial charge on any atom is -0.466 e. The van der Waals surface area contributed by atoms with E-state index in [4.69, 9.17) is 0 Å². The molecule has 0 amide bonds. The van der Waals surface area contributed by atoms with Crippen LogP contribution in [0.1, 0.15) is 13.3 Å². The SMILES string of the molecule is C=CC(=O)OCCC(C(=O)OCC)C(F)(F)F. The first-order valence-corrected chi connectivity index (χ1v) is 4.85. The summed E-state index contributed by atoms with van der Waals surface area (Å²) in [5.41, 5.74) is 0. The van der Waals surface area contributed by atoms with Gasteiger partial charge in [-0.3, -0.25) is 4.79 Å². The summed E-state index contributed by atoms with van der Waals surface area (Å²) in [5.74, 6) is -4.48. The van der Waals surface area contributed by atoms with Crippen molar-refractivity contribution in [2.75, 3.05) is 13.2 Å². The van der Waals surface area contributed by atoms with Gasteiger partial charge in [-0.25, -0.2) is 4.79 Å². The number of carbonyl (C=O) groups excluding carboxylic acids is 2. The number of rotatable bonds is 6. The zero-order valence-electron chi connectivity index (χ0n) is 9.25. The smallest absolute Gasteiger partial charge is 0.402 e. The first kappa shape index (κ1) is 15.5. The predicted molar refractivity (Wildman–Crippen MR) is 52.0 cm³/mol. The Labute approximate surface area is 96.4 Å². The van der Waals surface area contributed by atoms with Gasteiger partial charge in [-0.05, 0) is 6.92 Å². The molecule has 0 saturated carbocycles. The van der Waals surface area contributed by atoms with E-state index in [1.807, 2.05) is 0 Å². The fraction of sp³-hybridized carbons (Fsp3) is 0.600. The molecule has 17 heavy (non-hydrogen) atoms. The van der Waals surface area contributed by atoms with Crippen molar-refractivity contribution < 1.29 is 32.2 Å². The van der Waals surface area contributed by atoms with Gasteiger partial charge in [-0.2, -0.15) is 13.2 Å². The molecule has 0 aromatic rings. The van der Waals surface area contributed by atoms with Crippen LogP contribution in [-0.4, -0.2) is 31.3 Å². The van der Waals surface area contributed by atoms with Gasteiger partial charge in [0.2, 0.25) is 0 Å². The summed E-state index contributed by atoms with van der Waals surface area (Å²) in [6.45, 7) is 3.83. The fourth-order valence-electron chi connectivity index (χ4n) is 0.994. The summed E-state index contributed by atoms with van der Waals surface area (Å²) in [4.78, 5) is 21.6. The third kappa shape index (κ3) is 5.94. The van der Waals surface area contributed by atoms with E-state index in [0.717, 1.165) is 6.08 Å². The summed E-state index contributed by atoms with van der Waals surface area (Å²) in [7, 11) is 0. The molecule has 0 fully saturated rings. The highest BCUT2D eigenvalue weighted by Gasteiger charge is 2.45. The Balaban J connectivity index is 4.36. The van der Waals surface area contributed by atoms with Crippen LogP contribution in [0.5, 0.6) is 0 Å². The number of halogens is 3. The van der Waals surface area contributed by atoms with Gasteiger partial charge >= 0.3 is 18.1 Å². The lowest BCUT2D eigenvalue weighted by atomic mass is 10.1. The van der Waals surface area contributed by atoms with Crippen LogP contribution in [-0.2, 0) is 19.1 Å². The number of carbonyl (C=O) groups is 2. The maximum Gasteiger partial charge on any atom is 0.402 e. The molecule has 98 valence electrons. The zero-order chi connectivity index (χ0) is 13.5. The molecular formula is C10H13F3O4. The molecule has 0 N–H and O–H groups in total. The topological polar surface area (TPSA) is 52.6 Å². The Bertz CT molecular complexity index is 286. The summed E-state index contributed by atoms with van der Waals surface area (Å²) < 4.78 is 46.0. The van der Waals surface area contributed by atoms with Crippen molar-refractivity contribution in [1.29, 1.82) is 0 Å². The maximum atomic E-state index is 12.4. The molecule has 0 aliphatic heterocycles. The van der Waals surface area contributed by atoms with E-state index in [1.54, 1.807) is 0 Å². The van der Waals surface area contributed by atoms with Crippen molar-refractivity contribution in [3.8, 4) is 0 Å². The lowest BCUT2D eigenvalue weighted by Crippen LogP contribution is -2.33. The van der Waals surface area contributed by atoms with E-state index in [-0.39, 0.29) is 6.61 Å². The van der Waals surface area contributed by atoms with E-state index in [2.05, 4.69) is 16.1 Å². The monoisotopic (exact) mass is 254 g/mol. The molecule has 7 heteroatoms. The number of esters is 2. The number of hydrogen-bond donors (Lipinski definition) is 0. The molecule has 0 saturated heterocycles. The first-order chi connectivity index (χ1) is 7.82. The minimum atomic E-state index is -4.72. The average Bonchev–Trinajstić information content (AvgIpc) is 2.22. The van der Waals surface area contributed by atoms with Crippen LogP contribution in [0.2, 0.25) is 0 Å². The second kappa shape index (κ2) is 6.93. The van der Waals surface area contributed by atoms with Crippen molar-refractivity contribution in [2.24, 2.45) is 5.92 Å². The predicted octanol–water partition coefficient (Wildman–Crippen LogP) is 1.85. The summed E-state index contributed by atoms with van der Waals surface area (Å²) in [6.07, 6.45) is -4.55. The van der Waals surface area contributed by atoms with Crippen molar-refractivity contribution in [2.45, 2.75) is 19.5 Å². The largest absolute Gasteiger partial charge is 0.466 e. The summed E-state index contributed by atoms with van der Waals surface area (Å²) in [6, 6.07) is 0. The van der Waals surface area contributed by atoms with Crippen LogP contribution in [0.3, 0.4) is 0 Å². The van der Waals surface area contributed by atoms with Crippen molar-refractivity contribution in [3.63, 3.8) is 0 Å². The Kier molecular flexibility index (Phi) is 6.30. The Morgan fingerprint density at radius 1 is 1.35 bits per heavy atom. The molecular weight excluding hydrogens is 241 g/mol. The molecule has 0 aromatic carbocycles. The van der Waals surface area contributed by atoms with E-state index >= 15 is 0 Å².